The van der Waals surface area contributed by atoms with E-state index in [2.05, 4.69) is 14.8 Å². The zero-order chi connectivity index (χ0) is 24.9. The maximum atomic E-state index is 13.0. The van der Waals surface area contributed by atoms with Crippen LogP contribution in [0.3, 0.4) is 0 Å². The number of nitrogens with one attached hydrogen (secondary N) is 2. The average Bonchev–Trinajstić information content (AvgIpc) is 2.79. The standard InChI is InChI=1S/C23H21F3N2O5S/c1-15-3-6-18(7-4-15)28-34(30,31)21-13-16(5-12-20(21)32-2)22(29)27-17-8-10-19(11-9-17)33-14-23(24,25)26/h3-13,28H,14H2,1-2H3,(H,27,29). The smallest absolute Gasteiger partial charge is 0.422 e. The van der Waals surface area contributed by atoms with Gasteiger partial charge in [-0.15, -0.1) is 0 Å². The number of ether oxygens (including phenoxy) is 2. The molecule has 180 valence electrons. The zero-order valence-electron chi connectivity index (χ0n) is 18.1. The lowest BCUT2D eigenvalue weighted by Gasteiger charge is -2.14. The Labute approximate surface area is 194 Å². The molecular weight excluding hydrogens is 473 g/mol. The molecular formula is C23H21F3N2O5S. The molecule has 11 heteroatoms. The van der Waals surface area contributed by atoms with E-state index < -0.39 is 28.7 Å². The fraction of sp³-hybridized carbons (Fsp3) is 0.174. The lowest BCUT2D eigenvalue weighted by molar-refractivity contribution is -0.153. The van der Waals surface area contributed by atoms with E-state index in [1.54, 1.807) is 24.3 Å². The largest absolute Gasteiger partial charge is 0.495 e. The van der Waals surface area contributed by atoms with E-state index in [0.29, 0.717) is 5.69 Å². The third-order valence-electron chi connectivity index (χ3n) is 4.53. The summed E-state index contributed by atoms with van der Waals surface area (Å²) in [6, 6.07) is 15.9. The highest BCUT2D eigenvalue weighted by atomic mass is 32.2. The number of hydrogen-bond donors (Lipinski definition) is 2. The van der Waals surface area contributed by atoms with Gasteiger partial charge in [0.2, 0.25) is 0 Å². The monoisotopic (exact) mass is 494 g/mol. The summed E-state index contributed by atoms with van der Waals surface area (Å²) in [6.07, 6.45) is -4.46. The quantitative estimate of drug-likeness (QED) is 0.460. The SMILES string of the molecule is COc1ccc(C(=O)Nc2ccc(OCC(F)(F)F)cc2)cc1S(=O)(=O)Nc1ccc(C)cc1. The molecule has 0 aliphatic rings. The van der Waals surface area contributed by atoms with E-state index in [0.717, 1.165) is 5.56 Å². The van der Waals surface area contributed by atoms with E-state index >= 15 is 0 Å². The fourth-order valence-corrected chi connectivity index (χ4v) is 4.12. The number of hydrogen-bond acceptors (Lipinski definition) is 5. The van der Waals surface area contributed by atoms with E-state index in [4.69, 9.17) is 4.74 Å². The first-order valence-corrected chi connectivity index (χ1v) is 11.3. The summed E-state index contributed by atoms with van der Waals surface area (Å²) in [5.74, 6) is -0.601. The maximum Gasteiger partial charge on any atom is 0.422 e. The number of rotatable bonds is 8. The minimum Gasteiger partial charge on any atom is -0.495 e. The van der Waals surface area contributed by atoms with Crippen molar-refractivity contribution < 1.29 is 35.9 Å². The van der Waals surface area contributed by atoms with Crippen molar-refractivity contribution in [2.45, 2.75) is 18.0 Å². The third kappa shape index (κ3) is 6.64. The van der Waals surface area contributed by atoms with Crippen LogP contribution in [-0.2, 0) is 10.0 Å². The highest BCUT2D eigenvalue weighted by Crippen LogP contribution is 2.28. The van der Waals surface area contributed by atoms with Crippen LogP contribution in [-0.4, -0.2) is 34.2 Å². The topological polar surface area (TPSA) is 93.7 Å². The molecule has 0 spiro atoms. The van der Waals surface area contributed by atoms with Gasteiger partial charge in [0.15, 0.2) is 6.61 Å². The van der Waals surface area contributed by atoms with Crippen molar-refractivity contribution in [1.82, 2.24) is 0 Å². The molecule has 34 heavy (non-hydrogen) atoms. The molecule has 3 rings (SSSR count). The molecule has 0 aromatic heterocycles. The van der Waals surface area contributed by atoms with Gasteiger partial charge in [-0.05, 0) is 61.5 Å². The molecule has 3 aromatic rings. The first-order chi connectivity index (χ1) is 16.0. The summed E-state index contributed by atoms with van der Waals surface area (Å²) < 4.78 is 74.9. The summed E-state index contributed by atoms with van der Waals surface area (Å²) in [4.78, 5) is 12.4. The molecule has 2 N–H and O–H groups in total. The second kappa shape index (κ2) is 10.0. The Morgan fingerprint density at radius 2 is 1.56 bits per heavy atom. The number of methoxy groups -OCH3 is 1. The van der Waals surface area contributed by atoms with Gasteiger partial charge in [-0.3, -0.25) is 9.52 Å². The van der Waals surface area contributed by atoms with Crippen LogP contribution < -0.4 is 19.5 Å². The number of benzene rings is 3. The van der Waals surface area contributed by atoms with Gasteiger partial charge in [-0.25, -0.2) is 8.42 Å². The minimum atomic E-state index is -4.46. The molecule has 0 heterocycles. The molecule has 0 unspecified atom stereocenters. The van der Waals surface area contributed by atoms with Crippen LogP contribution in [0, 0.1) is 6.92 Å². The molecule has 0 aliphatic carbocycles. The fourth-order valence-electron chi connectivity index (χ4n) is 2.86. The first-order valence-electron chi connectivity index (χ1n) is 9.85. The second-order valence-corrected chi connectivity index (χ2v) is 8.87. The van der Waals surface area contributed by atoms with Crippen molar-refractivity contribution in [3.8, 4) is 11.5 Å². The number of carbonyl (C=O) groups excluding carboxylic acids is 1. The number of amides is 1. The average molecular weight is 494 g/mol. The van der Waals surface area contributed by atoms with Crippen LogP contribution >= 0.6 is 0 Å². The van der Waals surface area contributed by atoms with Crippen molar-refractivity contribution in [2.75, 3.05) is 23.8 Å². The van der Waals surface area contributed by atoms with Crippen LogP contribution in [0.5, 0.6) is 11.5 Å². The first kappa shape index (κ1) is 24.9. The molecule has 0 saturated carbocycles. The highest BCUT2D eigenvalue weighted by Gasteiger charge is 2.28. The summed E-state index contributed by atoms with van der Waals surface area (Å²) >= 11 is 0. The highest BCUT2D eigenvalue weighted by molar-refractivity contribution is 7.92. The predicted molar refractivity (Wildman–Crippen MR) is 121 cm³/mol. The van der Waals surface area contributed by atoms with Gasteiger partial charge in [0.25, 0.3) is 15.9 Å². The lowest BCUT2D eigenvalue weighted by atomic mass is 10.2. The number of carbonyl (C=O) groups is 1. The normalized spacial score (nSPS) is 11.6. The summed E-state index contributed by atoms with van der Waals surface area (Å²) in [7, 11) is -2.78. The zero-order valence-corrected chi connectivity index (χ0v) is 19.0. The van der Waals surface area contributed by atoms with Gasteiger partial charge in [-0.1, -0.05) is 17.7 Å². The number of anilines is 2. The number of aryl methyl sites for hydroxylation is 1. The number of alkyl halides is 3. The molecule has 7 nitrogen and oxygen atoms in total. The third-order valence-corrected chi connectivity index (χ3v) is 5.94. The number of halogens is 3. The van der Waals surface area contributed by atoms with Crippen molar-refractivity contribution in [1.29, 1.82) is 0 Å². The Bertz CT molecular complexity index is 1260. The molecule has 3 aromatic carbocycles. The van der Waals surface area contributed by atoms with E-state index in [1.165, 1.54) is 49.6 Å². The molecule has 0 saturated heterocycles. The van der Waals surface area contributed by atoms with Gasteiger partial charge >= 0.3 is 6.18 Å². The van der Waals surface area contributed by atoms with Crippen LogP contribution in [0.15, 0.2) is 71.6 Å². The molecule has 0 fully saturated rings. The molecule has 0 aliphatic heterocycles. The summed E-state index contributed by atoms with van der Waals surface area (Å²) in [5, 5.41) is 2.56. The van der Waals surface area contributed by atoms with Crippen LogP contribution in [0.4, 0.5) is 24.5 Å². The Balaban J connectivity index is 1.78. The van der Waals surface area contributed by atoms with Gasteiger partial charge in [0, 0.05) is 16.9 Å². The van der Waals surface area contributed by atoms with Crippen LogP contribution in [0.25, 0.3) is 0 Å². The van der Waals surface area contributed by atoms with Crippen molar-refractivity contribution >= 4 is 27.3 Å². The van der Waals surface area contributed by atoms with Crippen molar-refractivity contribution in [3.63, 3.8) is 0 Å². The molecule has 0 atom stereocenters. The Kier molecular flexibility index (Phi) is 7.35. The summed E-state index contributed by atoms with van der Waals surface area (Å²) in [6.45, 7) is 0.435. The van der Waals surface area contributed by atoms with Gasteiger partial charge < -0.3 is 14.8 Å². The number of sulfonamides is 1. The van der Waals surface area contributed by atoms with Gasteiger partial charge in [0.05, 0.1) is 7.11 Å². The Morgan fingerprint density at radius 3 is 2.15 bits per heavy atom. The van der Waals surface area contributed by atoms with Crippen molar-refractivity contribution in [3.05, 3.63) is 77.9 Å². The summed E-state index contributed by atoms with van der Waals surface area (Å²) in [5.41, 5.74) is 1.61. The maximum absolute atomic E-state index is 13.0. The molecule has 0 bridgehead atoms. The molecule has 1 amide bonds. The van der Waals surface area contributed by atoms with Crippen LogP contribution in [0.1, 0.15) is 15.9 Å². The molecule has 0 radical (unpaired) electrons. The minimum absolute atomic E-state index is 0.0182. The van der Waals surface area contributed by atoms with Gasteiger partial charge in [-0.2, -0.15) is 13.2 Å². The second-order valence-electron chi connectivity index (χ2n) is 7.22. The van der Waals surface area contributed by atoms with Crippen LogP contribution in [0.2, 0.25) is 0 Å². The Morgan fingerprint density at radius 1 is 0.941 bits per heavy atom. The predicted octanol–water partition coefficient (Wildman–Crippen LogP) is 5.00. The van der Waals surface area contributed by atoms with E-state index in [1.807, 2.05) is 6.92 Å². The van der Waals surface area contributed by atoms with E-state index in [-0.39, 0.29) is 27.6 Å². The lowest BCUT2D eigenvalue weighted by Crippen LogP contribution is -2.19. The Hall–Kier alpha value is -3.73. The van der Waals surface area contributed by atoms with E-state index in [9.17, 15) is 26.4 Å². The van der Waals surface area contributed by atoms with Gasteiger partial charge in [0.1, 0.15) is 16.4 Å². The van der Waals surface area contributed by atoms with Crippen molar-refractivity contribution in [2.24, 2.45) is 0 Å².